The minimum atomic E-state index is -0.983. The standard InChI is InChI=1S/C6H15O2SSi/c1-4-6(9)5-8-10(3)7-2/h6,9H,4-5H2,1-3H3. The lowest BCUT2D eigenvalue weighted by Crippen LogP contribution is -2.21. The topological polar surface area (TPSA) is 18.5 Å². The minimum Gasteiger partial charge on any atom is -0.397 e. The van der Waals surface area contributed by atoms with Crippen molar-refractivity contribution in [2.75, 3.05) is 13.7 Å². The molecule has 2 nitrogen and oxygen atoms in total. The van der Waals surface area contributed by atoms with E-state index in [1.165, 1.54) is 0 Å². The number of hydrogen-bond acceptors (Lipinski definition) is 3. The Morgan fingerprint density at radius 3 is 2.60 bits per heavy atom. The highest BCUT2D eigenvalue weighted by molar-refractivity contribution is 7.81. The first-order valence-electron chi connectivity index (χ1n) is 3.39. The third kappa shape index (κ3) is 5.29. The second-order valence-corrected chi connectivity index (χ2v) is 4.48. The second kappa shape index (κ2) is 6.21. The molecular formula is C6H15O2SSi. The fourth-order valence-electron chi connectivity index (χ4n) is 0.390. The molecule has 0 aromatic rings. The molecule has 61 valence electrons. The van der Waals surface area contributed by atoms with Gasteiger partial charge in [-0.05, 0) is 13.0 Å². The second-order valence-electron chi connectivity index (χ2n) is 2.07. The Morgan fingerprint density at radius 1 is 1.60 bits per heavy atom. The number of thiol groups is 1. The normalized spacial score (nSPS) is 14.1. The molecule has 0 saturated heterocycles. The summed E-state index contributed by atoms with van der Waals surface area (Å²) in [4.78, 5) is 0. The van der Waals surface area contributed by atoms with Crippen LogP contribution in [-0.4, -0.2) is 28.3 Å². The van der Waals surface area contributed by atoms with E-state index in [9.17, 15) is 0 Å². The van der Waals surface area contributed by atoms with E-state index in [-0.39, 0.29) is 0 Å². The molecule has 0 N–H and O–H groups in total. The van der Waals surface area contributed by atoms with Crippen molar-refractivity contribution < 1.29 is 8.85 Å². The van der Waals surface area contributed by atoms with Gasteiger partial charge in [0.2, 0.25) is 0 Å². The van der Waals surface area contributed by atoms with Crippen LogP contribution in [0.4, 0.5) is 0 Å². The Labute approximate surface area is 70.2 Å². The molecule has 1 unspecified atom stereocenters. The molecule has 1 radical (unpaired) electrons. The predicted octanol–water partition coefficient (Wildman–Crippen LogP) is 1.48. The molecular weight excluding hydrogens is 164 g/mol. The molecule has 0 aliphatic rings. The average molecular weight is 179 g/mol. The summed E-state index contributed by atoms with van der Waals surface area (Å²) in [5.41, 5.74) is 0. The van der Waals surface area contributed by atoms with Crippen LogP contribution in [0.15, 0.2) is 0 Å². The maximum Gasteiger partial charge on any atom is 0.380 e. The Kier molecular flexibility index (Phi) is 6.52. The van der Waals surface area contributed by atoms with Crippen molar-refractivity contribution in [2.45, 2.75) is 25.1 Å². The van der Waals surface area contributed by atoms with Crippen molar-refractivity contribution in [1.29, 1.82) is 0 Å². The predicted molar refractivity (Wildman–Crippen MR) is 47.6 cm³/mol. The van der Waals surface area contributed by atoms with Crippen molar-refractivity contribution in [3.63, 3.8) is 0 Å². The lowest BCUT2D eigenvalue weighted by atomic mass is 10.3. The van der Waals surface area contributed by atoms with Crippen LogP contribution in [0.5, 0.6) is 0 Å². The zero-order valence-electron chi connectivity index (χ0n) is 6.76. The van der Waals surface area contributed by atoms with Crippen molar-refractivity contribution in [1.82, 2.24) is 0 Å². The van der Waals surface area contributed by atoms with Crippen LogP contribution in [0.25, 0.3) is 0 Å². The van der Waals surface area contributed by atoms with Gasteiger partial charge in [0.25, 0.3) is 0 Å². The number of hydrogen-bond donors (Lipinski definition) is 1. The van der Waals surface area contributed by atoms with Gasteiger partial charge in [0.15, 0.2) is 0 Å². The number of rotatable bonds is 5. The average Bonchev–Trinajstić information content (AvgIpc) is 1.99. The van der Waals surface area contributed by atoms with Crippen molar-refractivity contribution in [2.24, 2.45) is 0 Å². The maximum atomic E-state index is 5.35. The van der Waals surface area contributed by atoms with E-state index in [0.717, 1.165) is 6.42 Å². The monoisotopic (exact) mass is 179 g/mol. The van der Waals surface area contributed by atoms with E-state index in [1.54, 1.807) is 7.11 Å². The third-order valence-corrected chi connectivity index (χ3v) is 2.90. The Hall–Kier alpha value is 0.487. The van der Waals surface area contributed by atoms with Crippen LogP contribution in [0.2, 0.25) is 6.55 Å². The van der Waals surface area contributed by atoms with E-state index in [2.05, 4.69) is 19.6 Å². The van der Waals surface area contributed by atoms with Crippen LogP contribution >= 0.6 is 12.6 Å². The molecule has 0 aromatic heterocycles. The summed E-state index contributed by atoms with van der Waals surface area (Å²) in [5.74, 6) is 0. The van der Waals surface area contributed by atoms with Crippen molar-refractivity contribution >= 4 is 21.9 Å². The molecule has 0 spiro atoms. The first kappa shape index (κ1) is 10.5. The molecule has 4 heteroatoms. The fraction of sp³-hybridized carbons (Fsp3) is 1.00. The molecule has 0 aromatic carbocycles. The van der Waals surface area contributed by atoms with Gasteiger partial charge in [-0.2, -0.15) is 12.6 Å². The van der Waals surface area contributed by atoms with Crippen LogP contribution in [0.1, 0.15) is 13.3 Å². The SMILES string of the molecule is CCC(S)CO[Si](C)OC. The Balaban J connectivity index is 3.17. The van der Waals surface area contributed by atoms with Crippen molar-refractivity contribution in [3.8, 4) is 0 Å². The molecule has 0 amide bonds. The first-order chi connectivity index (χ1) is 4.70. The van der Waals surface area contributed by atoms with Gasteiger partial charge in [0, 0.05) is 19.0 Å². The lowest BCUT2D eigenvalue weighted by molar-refractivity contribution is 0.235. The van der Waals surface area contributed by atoms with Crippen LogP contribution in [0, 0.1) is 0 Å². The molecule has 0 heterocycles. The van der Waals surface area contributed by atoms with Gasteiger partial charge < -0.3 is 8.85 Å². The van der Waals surface area contributed by atoms with E-state index in [4.69, 9.17) is 8.85 Å². The zero-order chi connectivity index (χ0) is 7.98. The summed E-state index contributed by atoms with van der Waals surface area (Å²) in [6.07, 6.45) is 1.04. The van der Waals surface area contributed by atoms with E-state index < -0.39 is 9.28 Å². The molecule has 10 heavy (non-hydrogen) atoms. The molecule has 0 aliphatic carbocycles. The van der Waals surface area contributed by atoms with Crippen LogP contribution in [0.3, 0.4) is 0 Å². The van der Waals surface area contributed by atoms with Crippen LogP contribution in [-0.2, 0) is 8.85 Å². The summed E-state index contributed by atoms with van der Waals surface area (Å²) in [5, 5.41) is 0.357. The minimum absolute atomic E-state index is 0.357. The highest BCUT2D eigenvalue weighted by atomic mass is 32.1. The first-order valence-corrected chi connectivity index (χ1v) is 5.72. The summed E-state index contributed by atoms with van der Waals surface area (Å²) in [7, 11) is 0.692. The smallest absolute Gasteiger partial charge is 0.380 e. The maximum absolute atomic E-state index is 5.35. The Bertz CT molecular complexity index is 72.1. The summed E-state index contributed by atoms with van der Waals surface area (Å²) in [6.45, 7) is 4.77. The van der Waals surface area contributed by atoms with Crippen LogP contribution < -0.4 is 0 Å². The quantitative estimate of drug-likeness (QED) is 0.509. The molecule has 0 aliphatic heterocycles. The van der Waals surface area contributed by atoms with Gasteiger partial charge >= 0.3 is 9.28 Å². The highest BCUT2D eigenvalue weighted by Crippen LogP contribution is 2.01. The molecule has 0 saturated carbocycles. The largest absolute Gasteiger partial charge is 0.397 e. The molecule has 0 fully saturated rings. The Morgan fingerprint density at radius 2 is 2.20 bits per heavy atom. The zero-order valence-corrected chi connectivity index (χ0v) is 8.65. The lowest BCUT2D eigenvalue weighted by Gasteiger charge is -2.11. The molecule has 0 bridgehead atoms. The summed E-state index contributed by atoms with van der Waals surface area (Å²) in [6, 6.07) is 0. The fourth-order valence-corrected chi connectivity index (χ4v) is 1.16. The van der Waals surface area contributed by atoms with E-state index >= 15 is 0 Å². The summed E-state index contributed by atoms with van der Waals surface area (Å²) >= 11 is 4.28. The van der Waals surface area contributed by atoms with Gasteiger partial charge in [-0.1, -0.05) is 6.92 Å². The highest BCUT2D eigenvalue weighted by Gasteiger charge is 2.07. The van der Waals surface area contributed by atoms with Gasteiger partial charge in [-0.25, -0.2) is 0 Å². The van der Waals surface area contributed by atoms with Gasteiger partial charge in [-0.3, -0.25) is 0 Å². The summed E-state index contributed by atoms with van der Waals surface area (Å²) < 4.78 is 10.3. The van der Waals surface area contributed by atoms with Gasteiger partial charge in [-0.15, -0.1) is 0 Å². The van der Waals surface area contributed by atoms with E-state index in [1.807, 2.05) is 6.55 Å². The van der Waals surface area contributed by atoms with Crippen molar-refractivity contribution in [3.05, 3.63) is 0 Å². The molecule has 1 atom stereocenters. The van der Waals surface area contributed by atoms with Gasteiger partial charge in [0.1, 0.15) is 0 Å². The van der Waals surface area contributed by atoms with Gasteiger partial charge in [0.05, 0.1) is 0 Å². The van der Waals surface area contributed by atoms with E-state index in [0.29, 0.717) is 11.9 Å². The molecule has 0 rings (SSSR count). The third-order valence-electron chi connectivity index (χ3n) is 1.24.